The number of hydrogen-bond donors (Lipinski definition) is 7. The molecule has 7 N–H and O–H groups in total. The van der Waals surface area contributed by atoms with Crippen LogP contribution in [0.2, 0.25) is 0 Å². The molecule has 3 fully saturated rings. The number of amides is 2. The maximum Gasteiger partial charge on any atom is 0.278 e. The van der Waals surface area contributed by atoms with Gasteiger partial charge in [-0.05, 0) is 18.9 Å². The zero-order chi connectivity index (χ0) is 16.8. The number of hydrogen-bond acceptors (Lipinski definition) is 8. The van der Waals surface area contributed by atoms with Crippen LogP contribution in [0.3, 0.4) is 0 Å². The Balaban J connectivity index is 2.49. The average molecular weight is 317 g/mol. The summed E-state index contributed by atoms with van der Waals surface area (Å²) in [5.41, 5.74) is -4.50. The van der Waals surface area contributed by atoms with Gasteiger partial charge in [0.15, 0.2) is 0 Å². The van der Waals surface area contributed by atoms with Crippen molar-refractivity contribution in [3.63, 3.8) is 0 Å². The van der Waals surface area contributed by atoms with Gasteiger partial charge in [-0.1, -0.05) is 6.58 Å². The predicted molar refractivity (Wildman–Crippen MR) is 70.1 cm³/mol. The van der Waals surface area contributed by atoms with Gasteiger partial charge in [0.1, 0.15) is 11.7 Å². The van der Waals surface area contributed by atoms with Crippen LogP contribution < -0.4 is 16.1 Å². The van der Waals surface area contributed by atoms with Crippen LogP contribution in [0.25, 0.3) is 0 Å². The van der Waals surface area contributed by atoms with Gasteiger partial charge in [0.05, 0.1) is 13.2 Å². The van der Waals surface area contributed by atoms with Crippen molar-refractivity contribution in [1.29, 1.82) is 0 Å². The lowest BCUT2D eigenvalue weighted by molar-refractivity contribution is -0.226. The van der Waals surface area contributed by atoms with Crippen LogP contribution in [0.15, 0.2) is 12.2 Å². The normalized spacial score (nSPS) is 36.0. The van der Waals surface area contributed by atoms with Gasteiger partial charge in [0.25, 0.3) is 17.5 Å². The molecule has 0 unspecified atom stereocenters. The first-order chi connectivity index (χ1) is 10.2. The second-order valence-corrected chi connectivity index (χ2v) is 5.63. The second kappa shape index (κ2) is 5.26. The summed E-state index contributed by atoms with van der Waals surface area (Å²) < 4.78 is 5.31. The Bertz CT molecular complexity index is 523. The summed E-state index contributed by atoms with van der Waals surface area (Å²) in [5, 5.41) is 43.1. The number of hydroxylamine groups is 1. The Morgan fingerprint density at radius 1 is 1.45 bits per heavy atom. The van der Waals surface area contributed by atoms with E-state index in [9.17, 15) is 25.0 Å². The van der Waals surface area contributed by atoms with Crippen molar-refractivity contribution in [2.75, 3.05) is 13.2 Å². The second-order valence-electron chi connectivity index (χ2n) is 5.63. The molecule has 0 saturated carbocycles. The number of carbonyl (C=O) groups is 2. The van der Waals surface area contributed by atoms with Crippen LogP contribution in [-0.4, -0.2) is 68.6 Å². The zero-order valence-electron chi connectivity index (χ0n) is 11.9. The number of piperazine rings is 1. The third kappa shape index (κ3) is 2.12. The number of aliphatic hydroxyl groups is 3. The maximum atomic E-state index is 12.4. The first-order valence-corrected chi connectivity index (χ1v) is 6.56. The quantitative estimate of drug-likeness (QED) is 0.209. The minimum atomic E-state index is -2.30. The molecule has 3 rings (SSSR count). The van der Waals surface area contributed by atoms with Crippen LogP contribution in [0, 0.1) is 0 Å². The highest BCUT2D eigenvalue weighted by Gasteiger charge is 2.63. The molecule has 0 aromatic rings. The summed E-state index contributed by atoms with van der Waals surface area (Å²) in [6.07, 6.45) is -1.87. The molecule has 0 spiro atoms. The number of rotatable bonds is 4. The summed E-state index contributed by atoms with van der Waals surface area (Å²) >= 11 is 0. The number of aliphatic hydroxyl groups excluding tert-OH is 2. The Kier molecular flexibility index (Phi) is 4.02. The number of nitrogens with one attached hydrogen (secondary N) is 3. The van der Waals surface area contributed by atoms with Gasteiger partial charge in [0.2, 0.25) is 5.66 Å². The van der Waals surface area contributed by atoms with Gasteiger partial charge in [0, 0.05) is 0 Å². The summed E-state index contributed by atoms with van der Waals surface area (Å²) in [4.78, 5) is 24.7. The van der Waals surface area contributed by atoms with E-state index in [1.807, 2.05) is 0 Å². The largest absolute Gasteiger partial charge is 0.393 e. The highest BCUT2D eigenvalue weighted by atomic mass is 16.5. The van der Waals surface area contributed by atoms with Crippen molar-refractivity contribution >= 4 is 11.8 Å². The van der Waals surface area contributed by atoms with E-state index in [4.69, 9.17) is 9.84 Å². The number of carbonyl (C=O) groups excluding carboxylic acids is 2. The molecular weight excluding hydrogens is 298 g/mol. The maximum absolute atomic E-state index is 12.4. The molecule has 3 saturated heterocycles. The van der Waals surface area contributed by atoms with E-state index in [1.165, 1.54) is 0 Å². The Morgan fingerprint density at radius 3 is 2.64 bits per heavy atom. The summed E-state index contributed by atoms with van der Waals surface area (Å²) in [7, 11) is 0. The fourth-order valence-corrected chi connectivity index (χ4v) is 2.47. The standard InChI is InChI=1S/C12H19N3O7/c1-6-3-4-22-12(7(17)10(2,20)5-16)9(19)13-11(6,15-21)8(18)14-12/h7,15-17,20-21H,1,3-5H2,2H3,(H,13,19)(H,14,18)/t7-,10-,11+,12-/m0/s1. The van der Waals surface area contributed by atoms with Crippen LogP contribution in [0.1, 0.15) is 13.3 Å². The zero-order valence-corrected chi connectivity index (χ0v) is 11.9. The monoisotopic (exact) mass is 317 g/mol. The van der Waals surface area contributed by atoms with E-state index in [2.05, 4.69) is 17.2 Å². The van der Waals surface area contributed by atoms with E-state index >= 15 is 0 Å². The molecule has 2 bridgehead atoms. The highest BCUT2D eigenvalue weighted by Crippen LogP contribution is 2.32. The lowest BCUT2D eigenvalue weighted by Crippen LogP contribution is -2.85. The Labute approximate surface area is 125 Å². The molecule has 22 heavy (non-hydrogen) atoms. The molecule has 0 aromatic heterocycles. The average Bonchev–Trinajstić information content (AvgIpc) is 2.47. The molecule has 3 aliphatic heterocycles. The molecule has 2 amide bonds. The van der Waals surface area contributed by atoms with E-state index in [1.54, 1.807) is 5.48 Å². The van der Waals surface area contributed by atoms with Gasteiger partial charge < -0.3 is 35.9 Å². The van der Waals surface area contributed by atoms with Crippen molar-refractivity contribution in [2.24, 2.45) is 0 Å². The lowest BCUT2D eigenvalue weighted by Gasteiger charge is -2.51. The highest BCUT2D eigenvalue weighted by molar-refractivity contribution is 6.03. The SMILES string of the molecule is C=C1CCO[C@]2([C@@H](O)[C@@](C)(O)CO)NC(=O)[C@@]1(NO)NC2=O. The first kappa shape index (κ1) is 16.8. The summed E-state index contributed by atoms with van der Waals surface area (Å²) in [6.45, 7) is 3.71. The van der Waals surface area contributed by atoms with E-state index in [0.29, 0.717) is 0 Å². The van der Waals surface area contributed by atoms with E-state index < -0.39 is 41.5 Å². The predicted octanol–water partition coefficient (Wildman–Crippen LogP) is -3.32. The molecular formula is C12H19N3O7. The smallest absolute Gasteiger partial charge is 0.278 e. The minimum Gasteiger partial charge on any atom is -0.393 e. The number of ether oxygens (including phenoxy) is 1. The molecule has 10 nitrogen and oxygen atoms in total. The Morgan fingerprint density at radius 2 is 2.09 bits per heavy atom. The van der Waals surface area contributed by atoms with Crippen LogP contribution in [0.5, 0.6) is 0 Å². The fraction of sp³-hybridized carbons (Fsp3) is 0.667. The van der Waals surface area contributed by atoms with Gasteiger partial charge in [-0.15, -0.1) is 0 Å². The van der Waals surface area contributed by atoms with E-state index in [0.717, 1.165) is 6.92 Å². The third-order valence-electron chi connectivity index (χ3n) is 4.00. The van der Waals surface area contributed by atoms with Crippen molar-refractivity contribution < 1.29 is 34.9 Å². The first-order valence-electron chi connectivity index (χ1n) is 6.56. The fourth-order valence-electron chi connectivity index (χ4n) is 2.47. The van der Waals surface area contributed by atoms with Gasteiger partial charge in [-0.2, -0.15) is 5.48 Å². The van der Waals surface area contributed by atoms with Gasteiger partial charge >= 0.3 is 0 Å². The van der Waals surface area contributed by atoms with Crippen LogP contribution >= 0.6 is 0 Å². The molecule has 0 radical (unpaired) electrons. The lowest BCUT2D eigenvalue weighted by atomic mass is 9.84. The van der Waals surface area contributed by atoms with Crippen molar-refractivity contribution in [3.8, 4) is 0 Å². The van der Waals surface area contributed by atoms with Crippen LogP contribution in [0.4, 0.5) is 0 Å². The van der Waals surface area contributed by atoms with Gasteiger partial charge in [-0.25, -0.2) is 0 Å². The molecule has 10 heteroatoms. The molecule has 4 atom stereocenters. The van der Waals surface area contributed by atoms with Crippen molar-refractivity contribution in [2.45, 2.75) is 36.4 Å². The molecule has 124 valence electrons. The van der Waals surface area contributed by atoms with E-state index in [-0.39, 0.29) is 18.6 Å². The topological polar surface area (TPSA) is 160 Å². The van der Waals surface area contributed by atoms with Gasteiger partial charge in [-0.3, -0.25) is 9.59 Å². The Hall–Kier alpha value is -1.56. The summed E-state index contributed by atoms with van der Waals surface area (Å²) in [5.74, 6) is -1.93. The summed E-state index contributed by atoms with van der Waals surface area (Å²) in [6, 6.07) is 0. The van der Waals surface area contributed by atoms with Crippen molar-refractivity contribution in [1.82, 2.24) is 16.1 Å². The molecule has 0 aromatic carbocycles. The van der Waals surface area contributed by atoms with Crippen LogP contribution in [-0.2, 0) is 14.3 Å². The minimum absolute atomic E-state index is 0.0942. The molecule has 3 heterocycles. The third-order valence-corrected chi connectivity index (χ3v) is 4.00. The van der Waals surface area contributed by atoms with Crippen molar-refractivity contribution in [3.05, 3.63) is 12.2 Å². The number of fused-ring (bicyclic) bond motifs is 5. The molecule has 0 aliphatic carbocycles. The molecule has 3 aliphatic rings.